The van der Waals surface area contributed by atoms with Gasteiger partial charge in [-0.2, -0.15) is 0 Å². The van der Waals surface area contributed by atoms with E-state index in [1.54, 1.807) is 0 Å². The summed E-state index contributed by atoms with van der Waals surface area (Å²) >= 11 is 0. The molecule has 1 N–H and O–H groups in total. The minimum Gasteiger partial charge on any atom is -0.477 e. The minimum atomic E-state index is 0.712. The number of fused-ring (bicyclic) bond motifs is 1. The third kappa shape index (κ3) is 2.93. The zero-order valence-corrected chi connectivity index (χ0v) is 12.1. The fourth-order valence-electron chi connectivity index (χ4n) is 2.98. The molecule has 0 spiro atoms. The van der Waals surface area contributed by atoms with E-state index in [0.29, 0.717) is 5.92 Å². The predicted molar refractivity (Wildman–Crippen MR) is 82.0 cm³/mol. The number of benzene rings is 1. The zero-order chi connectivity index (χ0) is 13.8. The van der Waals surface area contributed by atoms with E-state index in [9.17, 15) is 0 Å². The monoisotopic (exact) mass is 270 g/mol. The van der Waals surface area contributed by atoms with E-state index in [-0.39, 0.29) is 0 Å². The Labute approximate surface area is 120 Å². The summed E-state index contributed by atoms with van der Waals surface area (Å²) in [5.41, 5.74) is 1.03. The molecule has 1 aliphatic rings. The van der Waals surface area contributed by atoms with E-state index in [4.69, 9.17) is 4.74 Å². The summed E-state index contributed by atoms with van der Waals surface area (Å²) in [5, 5.41) is 5.47. The molecule has 1 aliphatic carbocycles. The van der Waals surface area contributed by atoms with Crippen molar-refractivity contribution < 1.29 is 4.74 Å². The van der Waals surface area contributed by atoms with Gasteiger partial charge in [0.2, 0.25) is 5.88 Å². The molecule has 0 unspecified atom stereocenters. The van der Waals surface area contributed by atoms with Crippen LogP contribution in [0.15, 0.2) is 30.3 Å². The highest BCUT2D eigenvalue weighted by Crippen LogP contribution is 2.28. The third-order valence-electron chi connectivity index (χ3n) is 4.05. The summed E-state index contributed by atoms with van der Waals surface area (Å²) in [6.45, 7) is 1.57. The number of rotatable bonds is 5. The molecule has 0 saturated heterocycles. The molecule has 0 amide bonds. The first-order valence-corrected chi connectivity index (χ1v) is 7.53. The standard InChI is InChI=1S/C17H22N2O/c1-18-11-15-10-14-8-4-5-9-16(14)17(19-15)20-12-13-6-2-3-7-13/h4-5,8-10,13,18H,2-3,6-7,11-12H2,1H3. The maximum Gasteiger partial charge on any atom is 0.221 e. The predicted octanol–water partition coefficient (Wildman–Crippen LogP) is 3.52. The SMILES string of the molecule is CNCc1cc2ccccc2c(OCC2CCCC2)n1. The fraction of sp³-hybridized carbons (Fsp3) is 0.471. The largest absolute Gasteiger partial charge is 0.477 e. The van der Waals surface area contributed by atoms with Crippen LogP contribution in [0.1, 0.15) is 31.4 Å². The second-order valence-electron chi connectivity index (χ2n) is 5.63. The second-order valence-corrected chi connectivity index (χ2v) is 5.63. The van der Waals surface area contributed by atoms with Gasteiger partial charge in [0.05, 0.1) is 12.3 Å². The normalized spacial score (nSPS) is 15.8. The Balaban J connectivity index is 1.86. The van der Waals surface area contributed by atoms with Crippen molar-refractivity contribution >= 4 is 10.8 Å². The van der Waals surface area contributed by atoms with Gasteiger partial charge < -0.3 is 10.1 Å². The van der Waals surface area contributed by atoms with E-state index in [0.717, 1.165) is 30.1 Å². The van der Waals surface area contributed by atoms with Crippen molar-refractivity contribution in [1.29, 1.82) is 0 Å². The summed E-state index contributed by atoms with van der Waals surface area (Å²) in [7, 11) is 1.94. The van der Waals surface area contributed by atoms with Gasteiger partial charge in [-0.05, 0) is 43.3 Å². The van der Waals surface area contributed by atoms with Crippen molar-refractivity contribution in [3.8, 4) is 5.88 Å². The lowest BCUT2D eigenvalue weighted by Crippen LogP contribution is -2.11. The molecule has 106 valence electrons. The van der Waals surface area contributed by atoms with Crippen molar-refractivity contribution in [3.05, 3.63) is 36.0 Å². The molecule has 3 rings (SSSR count). The Bertz CT molecular complexity index is 576. The van der Waals surface area contributed by atoms with Crippen LogP contribution < -0.4 is 10.1 Å². The first-order valence-electron chi connectivity index (χ1n) is 7.53. The molecule has 1 saturated carbocycles. The number of hydrogen-bond acceptors (Lipinski definition) is 3. The van der Waals surface area contributed by atoms with E-state index < -0.39 is 0 Å². The van der Waals surface area contributed by atoms with Gasteiger partial charge in [-0.25, -0.2) is 4.98 Å². The quantitative estimate of drug-likeness (QED) is 0.902. The summed E-state index contributed by atoms with van der Waals surface area (Å²) in [6, 6.07) is 10.5. The second kappa shape index (κ2) is 6.23. The molecule has 3 heteroatoms. The maximum absolute atomic E-state index is 6.05. The lowest BCUT2D eigenvalue weighted by Gasteiger charge is -2.13. The highest BCUT2D eigenvalue weighted by molar-refractivity contribution is 5.87. The zero-order valence-electron chi connectivity index (χ0n) is 12.1. The van der Waals surface area contributed by atoms with Gasteiger partial charge >= 0.3 is 0 Å². The summed E-state index contributed by atoms with van der Waals surface area (Å²) in [5.74, 6) is 1.50. The van der Waals surface area contributed by atoms with Crippen LogP contribution in [0.3, 0.4) is 0 Å². The van der Waals surface area contributed by atoms with E-state index in [2.05, 4.69) is 34.6 Å². The molecule has 3 nitrogen and oxygen atoms in total. The summed E-state index contributed by atoms with van der Waals surface area (Å²) in [6.07, 6.45) is 5.30. The molecule has 0 atom stereocenters. The first kappa shape index (κ1) is 13.4. The van der Waals surface area contributed by atoms with Crippen molar-refractivity contribution in [3.63, 3.8) is 0 Å². The van der Waals surface area contributed by atoms with Crippen molar-refractivity contribution in [2.24, 2.45) is 5.92 Å². The molecule has 0 bridgehead atoms. The fourth-order valence-corrected chi connectivity index (χ4v) is 2.98. The van der Waals surface area contributed by atoms with Crippen molar-refractivity contribution in [2.45, 2.75) is 32.2 Å². The van der Waals surface area contributed by atoms with Crippen molar-refractivity contribution in [2.75, 3.05) is 13.7 Å². The highest BCUT2D eigenvalue weighted by Gasteiger charge is 2.16. The molecule has 20 heavy (non-hydrogen) atoms. The van der Waals surface area contributed by atoms with Gasteiger partial charge in [0.1, 0.15) is 0 Å². The van der Waals surface area contributed by atoms with E-state index in [1.807, 2.05) is 13.1 Å². The van der Waals surface area contributed by atoms with Crippen LogP contribution in [0, 0.1) is 5.92 Å². The Hall–Kier alpha value is -1.61. The topological polar surface area (TPSA) is 34.1 Å². The Kier molecular flexibility index (Phi) is 4.16. The molecule has 0 aliphatic heterocycles. The van der Waals surface area contributed by atoms with Crippen LogP contribution in [0.4, 0.5) is 0 Å². The van der Waals surface area contributed by atoms with Crippen LogP contribution in [0.25, 0.3) is 10.8 Å². The Morgan fingerprint density at radius 1 is 1.25 bits per heavy atom. The molecule has 2 aromatic rings. The molecular weight excluding hydrogens is 248 g/mol. The third-order valence-corrected chi connectivity index (χ3v) is 4.05. The summed E-state index contributed by atoms with van der Waals surface area (Å²) in [4.78, 5) is 4.67. The van der Waals surface area contributed by atoms with E-state index >= 15 is 0 Å². The number of nitrogens with one attached hydrogen (secondary N) is 1. The number of ether oxygens (including phenoxy) is 1. The lowest BCUT2D eigenvalue weighted by atomic mass is 10.1. The smallest absolute Gasteiger partial charge is 0.221 e. The van der Waals surface area contributed by atoms with Crippen LogP contribution in [0.2, 0.25) is 0 Å². The number of pyridine rings is 1. The average Bonchev–Trinajstić information content (AvgIpc) is 2.98. The lowest BCUT2D eigenvalue weighted by molar-refractivity contribution is 0.246. The maximum atomic E-state index is 6.05. The van der Waals surface area contributed by atoms with E-state index in [1.165, 1.54) is 31.1 Å². The molecule has 1 aromatic carbocycles. The van der Waals surface area contributed by atoms with Crippen molar-refractivity contribution in [1.82, 2.24) is 10.3 Å². The van der Waals surface area contributed by atoms with Gasteiger partial charge in [0, 0.05) is 11.9 Å². The van der Waals surface area contributed by atoms with Crippen LogP contribution >= 0.6 is 0 Å². The van der Waals surface area contributed by atoms with Crippen LogP contribution in [-0.2, 0) is 6.54 Å². The average molecular weight is 270 g/mol. The Morgan fingerprint density at radius 2 is 2.05 bits per heavy atom. The van der Waals surface area contributed by atoms with Gasteiger partial charge in [-0.1, -0.05) is 31.0 Å². The summed E-state index contributed by atoms with van der Waals surface area (Å²) < 4.78 is 6.05. The van der Waals surface area contributed by atoms with Crippen LogP contribution in [-0.4, -0.2) is 18.6 Å². The molecule has 1 heterocycles. The highest BCUT2D eigenvalue weighted by atomic mass is 16.5. The molecule has 1 fully saturated rings. The van der Waals surface area contributed by atoms with Crippen LogP contribution in [0.5, 0.6) is 5.88 Å². The van der Waals surface area contributed by atoms with Gasteiger partial charge in [-0.15, -0.1) is 0 Å². The van der Waals surface area contributed by atoms with Gasteiger partial charge in [-0.3, -0.25) is 0 Å². The molecule has 1 aromatic heterocycles. The molecular formula is C17H22N2O. The first-order chi connectivity index (χ1) is 9.86. The molecule has 0 radical (unpaired) electrons. The number of nitrogens with zero attached hydrogens (tertiary/aromatic N) is 1. The van der Waals surface area contributed by atoms with Gasteiger partial charge in [0.15, 0.2) is 0 Å². The number of aromatic nitrogens is 1. The van der Waals surface area contributed by atoms with Gasteiger partial charge in [0.25, 0.3) is 0 Å². The Morgan fingerprint density at radius 3 is 2.85 bits per heavy atom. The minimum absolute atomic E-state index is 0.712. The number of hydrogen-bond donors (Lipinski definition) is 1.